The van der Waals surface area contributed by atoms with E-state index in [9.17, 15) is 22.4 Å². The second-order valence-electron chi connectivity index (χ2n) is 6.55. The van der Waals surface area contributed by atoms with E-state index in [0.29, 0.717) is 16.9 Å². The van der Waals surface area contributed by atoms with Crippen LogP contribution in [0.2, 0.25) is 0 Å². The molecule has 0 saturated carbocycles. The largest absolute Gasteiger partial charge is 0.497 e. The zero-order chi connectivity index (χ0) is 21.0. The zero-order valence-electron chi connectivity index (χ0n) is 15.5. The lowest BCUT2D eigenvalue weighted by Gasteiger charge is -2.19. The van der Waals surface area contributed by atoms with Crippen LogP contribution in [0, 0.1) is 5.82 Å². The van der Waals surface area contributed by atoms with E-state index in [4.69, 9.17) is 4.74 Å². The molecule has 0 heterocycles. The van der Waals surface area contributed by atoms with Gasteiger partial charge in [-0.3, -0.25) is 4.79 Å². The quantitative estimate of drug-likeness (QED) is 0.359. The van der Waals surface area contributed by atoms with Gasteiger partial charge in [-0.25, -0.2) is 4.39 Å². The van der Waals surface area contributed by atoms with Crippen molar-refractivity contribution in [2.24, 2.45) is 0 Å². The lowest BCUT2D eigenvalue weighted by molar-refractivity contribution is -0.137. The Morgan fingerprint density at radius 1 is 0.931 bits per heavy atom. The summed E-state index contributed by atoms with van der Waals surface area (Å²) >= 11 is 0. The summed E-state index contributed by atoms with van der Waals surface area (Å²) in [5.74, 6) is -0.789. The lowest BCUT2D eigenvalue weighted by atomic mass is 9.85. The summed E-state index contributed by atoms with van der Waals surface area (Å²) < 4.78 is 57.8. The molecule has 0 radical (unpaired) electrons. The van der Waals surface area contributed by atoms with Crippen molar-refractivity contribution in [2.75, 3.05) is 7.11 Å². The average molecular weight is 402 g/mol. The SMILES string of the molecule is COc1ccc(C(CC(=O)c2ccc(C(F)(F)F)cc2)c2ccccc2F)cc1. The van der Waals surface area contributed by atoms with Crippen LogP contribution in [0.25, 0.3) is 0 Å². The number of rotatable bonds is 6. The van der Waals surface area contributed by atoms with Gasteiger partial charge >= 0.3 is 6.18 Å². The normalized spacial score (nSPS) is 12.4. The maximum Gasteiger partial charge on any atom is 0.416 e. The molecular weight excluding hydrogens is 384 g/mol. The number of halogens is 4. The Kier molecular flexibility index (Phi) is 6.01. The van der Waals surface area contributed by atoms with Gasteiger partial charge in [0.15, 0.2) is 5.78 Å². The molecule has 0 saturated heterocycles. The molecule has 3 aromatic rings. The fourth-order valence-corrected chi connectivity index (χ4v) is 3.15. The molecule has 3 rings (SSSR count). The molecule has 0 aliphatic heterocycles. The molecule has 3 aromatic carbocycles. The predicted molar refractivity (Wildman–Crippen MR) is 102 cm³/mol. The van der Waals surface area contributed by atoms with Gasteiger partial charge in [0, 0.05) is 17.9 Å². The van der Waals surface area contributed by atoms with Crippen LogP contribution in [0.4, 0.5) is 17.6 Å². The van der Waals surface area contributed by atoms with E-state index in [1.54, 1.807) is 42.5 Å². The average Bonchev–Trinajstić information content (AvgIpc) is 2.72. The number of carbonyl (C=O) groups is 1. The molecule has 0 aliphatic carbocycles. The van der Waals surface area contributed by atoms with Crippen molar-refractivity contribution in [3.63, 3.8) is 0 Å². The van der Waals surface area contributed by atoms with Crippen LogP contribution in [0.15, 0.2) is 72.8 Å². The summed E-state index contributed by atoms with van der Waals surface area (Å²) in [6.07, 6.45) is -4.56. The zero-order valence-corrected chi connectivity index (χ0v) is 15.5. The first-order valence-electron chi connectivity index (χ1n) is 8.88. The molecule has 0 fully saturated rings. The van der Waals surface area contributed by atoms with Crippen molar-refractivity contribution < 1.29 is 27.1 Å². The van der Waals surface area contributed by atoms with Gasteiger partial charge in [0.1, 0.15) is 11.6 Å². The first-order valence-corrected chi connectivity index (χ1v) is 8.88. The molecule has 29 heavy (non-hydrogen) atoms. The molecule has 0 spiro atoms. The van der Waals surface area contributed by atoms with Crippen molar-refractivity contribution in [1.29, 1.82) is 0 Å². The number of alkyl halides is 3. The van der Waals surface area contributed by atoms with E-state index in [0.717, 1.165) is 24.3 Å². The summed E-state index contributed by atoms with van der Waals surface area (Å²) in [7, 11) is 1.53. The second kappa shape index (κ2) is 8.47. The minimum Gasteiger partial charge on any atom is -0.497 e. The number of ketones is 1. The van der Waals surface area contributed by atoms with Crippen LogP contribution >= 0.6 is 0 Å². The van der Waals surface area contributed by atoms with Gasteiger partial charge in [-0.1, -0.05) is 42.5 Å². The Morgan fingerprint density at radius 2 is 1.55 bits per heavy atom. The highest BCUT2D eigenvalue weighted by Gasteiger charge is 2.30. The fraction of sp³-hybridized carbons (Fsp3) is 0.174. The van der Waals surface area contributed by atoms with Crippen LogP contribution in [0.5, 0.6) is 5.75 Å². The Hall–Kier alpha value is -3.15. The predicted octanol–water partition coefficient (Wildman–Crippen LogP) is 6.26. The monoisotopic (exact) mass is 402 g/mol. The van der Waals surface area contributed by atoms with E-state index < -0.39 is 23.5 Å². The molecule has 150 valence electrons. The molecule has 0 N–H and O–H groups in total. The Bertz CT molecular complexity index is 977. The summed E-state index contributed by atoms with van der Waals surface area (Å²) in [5, 5.41) is 0. The molecule has 1 unspecified atom stereocenters. The maximum absolute atomic E-state index is 14.4. The molecule has 2 nitrogen and oxygen atoms in total. The molecule has 0 aromatic heterocycles. The van der Waals surface area contributed by atoms with Gasteiger partial charge in [-0.15, -0.1) is 0 Å². The van der Waals surface area contributed by atoms with Crippen LogP contribution < -0.4 is 4.74 Å². The van der Waals surface area contributed by atoms with Crippen molar-refractivity contribution in [3.05, 3.63) is 101 Å². The Labute approximate surface area is 165 Å². The van der Waals surface area contributed by atoms with Crippen LogP contribution in [-0.4, -0.2) is 12.9 Å². The van der Waals surface area contributed by atoms with Crippen LogP contribution in [-0.2, 0) is 6.18 Å². The lowest BCUT2D eigenvalue weighted by Crippen LogP contribution is -2.11. The fourth-order valence-electron chi connectivity index (χ4n) is 3.15. The van der Waals surface area contributed by atoms with E-state index in [-0.39, 0.29) is 17.8 Å². The van der Waals surface area contributed by atoms with Crippen molar-refractivity contribution in [2.45, 2.75) is 18.5 Å². The number of benzene rings is 3. The van der Waals surface area contributed by atoms with E-state index in [2.05, 4.69) is 0 Å². The van der Waals surface area contributed by atoms with Gasteiger partial charge in [0.2, 0.25) is 0 Å². The first kappa shape index (κ1) is 20.6. The van der Waals surface area contributed by atoms with Crippen molar-refractivity contribution >= 4 is 5.78 Å². The van der Waals surface area contributed by atoms with Crippen LogP contribution in [0.3, 0.4) is 0 Å². The number of methoxy groups -OCH3 is 1. The minimum absolute atomic E-state index is 0.0847. The second-order valence-corrected chi connectivity index (χ2v) is 6.55. The number of hydrogen-bond acceptors (Lipinski definition) is 2. The first-order chi connectivity index (χ1) is 13.8. The van der Waals surface area contributed by atoms with E-state index >= 15 is 0 Å². The molecule has 1 atom stereocenters. The smallest absolute Gasteiger partial charge is 0.416 e. The number of ether oxygens (including phenoxy) is 1. The van der Waals surface area contributed by atoms with Gasteiger partial charge in [0.05, 0.1) is 12.7 Å². The molecule has 6 heteroatoms. The minimum atomic E-state index is -4.47. The number of carbonyl (C=O) groups excluding carboxylic acids is 1. The number of hydrogen-bond donors (Lipinski definition) is 0. The third-order valence-electron chi connectivity index (χ3n) is 4.72. The topological polar surface area (TPSA) is 26.3 Å². The molecule has 0 amide bonds. The number of Topliss-reactive ketones (excluding diaryl/α,β-unsaturated/α-hetero) is 1. The Morgan fingerprint density at radius 3 is 2.10 bits per heavy atom. The standard InChI is InChI=1S/C23H18F4O2/c1-29-18-12-8-15(9-13-18)20(19-4-2-3-5-21(19)24)14-22(28)16-6-10-17(11-7-16)23(25,26)27/h2-13,20H,14H2,1H3. The molecule has 0 aliphatic rings. The van der Waals surface area contributed by atoms with E-state index in [1.165, 1.54) is 13.2 Å². The van der Waals surface area contributed by atoms with Crippen molar-refractivity contribution in [1.82, 2.24) is 0 Å². The highest BCUT2D eigenvalue weighted by Crippen LogP contribution is 2.33. The summed E-state index contributed by atoms with van der Waals surface area (Å²) in [4.78, 5) is 12.8. The maximum atomic E-state index is 14.4. The van der Waals surface area contributed by atoms with Crippen molar-refractivity contribution in [3.8, 4) is 5.75 Å². The van der Waals surface area contributed by atoms with Gasteiger partial charge in [-0.05, 0) is 41.5 Å². The van der Waals surface area contributed by atoms with Gasteiger partial charge in [0.25, 0.3) is 0 Å². The van der Waals surface area contributed by atoms with Gasteiger partial charge < -0.3 is 4.74 Å². The van der Waals surface area contributed by atoms with Gasteiger partial charge in [-0.2, -0.15) is 13.2 Å². The Balaban J connectivity index is 1.92. The third kappa shape index (κ3) is 4.83. The van der Waals surface area contributed by atoms with Crippen LogP contribution in [0.1, 0.15) is 39.4 Å². The summed E-state index contributed by atoms with van der Waals surface area (Å²) in [6.45, 7) is 0. The third-order valence-corrected chi connectivity index (χ3v) is 4.72. The summed E-state index contributed by atoms with van der Waals surface area (Å²) in [5.41, 5.74) is 0.372. The summed E-state index contributed by atoms with van der Waals surface area (Å²) in [6, 6.07) is 17.1. The highest BCUT2D eigenvalue weighted by molar-refractivity contribution is 5.96. The highest BCUT2D eigenvalue weighted by atomic mass is 19.4. The van der Waals surface area contributed by atoms with E-state index in [1.807, 2.05) is 0 Å². The molecular formula is C23H18F4O2. The molecule has 0 bridgehead atoms.